The van der Waals surface area contributed by atoms with Gasteiger partial charge in [0.05, 0.1) is 26.4 Å². The highest BCUT2D eigenvalue weighted by atomic mass is 16.5. The molecule has 0 aromatic rings. The highest BCUT2D eigenvalue weighted by molar-refractivity contribution is 5.84. The Bertz CT molecular complexity index is 472. The van der Waals surface area contributed by atoms with E-state index in [0.29, 0.717) is 52.4 Å². The van der Waals surface area contributed by atoms with Crippen molar-refractivity contribution in [2.45, 2.75) is 60.8 Å². The SMILES string of the molecule is C=C1CC(C)C(=O)N1CCC(=O)NCCOCCOCCC(C)=O.CC.CC.[HH]. The summed E-state index contributed by atoms with van der Waals surface area (Å²) in [5, 5.41) is 2.75. The first-order valence-corrected chi connectivity index (χ1v) is 10.3. The zero-order valence-corrected chi connectivity index (χ0v) is 18.6. The molecule has 1 atom stereocenters. The van der Waals surface area contributed by atoms with Gasteiger partial charge in [0.2, 0.25) is 11.8 Å². The average molecular weight is 403 g/mol. The van der Waals surface area contributed by atoms with Gasteiger partial charge in [0, 0.05) is 39.0 Å². The highest BCUT2D eigenvalue weighted by Gasteiger charge is 2.31. The highest BCUT2D eigenvalue weighted by Crippen LogP contribution is 2.25. The summed E-state index contributed by atoms with van der Waals surface area (Å²) < 4.78 is 10.5. The molecule has 2 amide bonds. The summed E-state index contributed by atoms with van der Waals surface area (Å²) in [6.07, 6.45) is 1.34. The standard InChI is InChI=1S/C17H28N2O5.2C2H6.H2/c1-13-12-14(2)19(17(13)22)7-4-16(21)18-6-9-24-11-10-23-8-5-15(3)20;2*1-2;/h13H,2,4-12H2,1,3H3,(H,18,21);2*1-2H3;1H. The van der Waals surface area contributed by atoms with Crippen LogP contribution in [0.4, 0.5) is 0 Å². The lowest BCUT2D eigenvalue weighted by Crippen LogP contribution is -2.33. The van der Waals surface area contributed by atoms with Crippen LogP contribution in [-0.4, -0.2) is 62.0 Å². The quantitative estimate of drug-likeness (QED) is 0.507. The van der Waals surface area contributed by atoms with E-state index < -0.39 is 0 Å². The van der Waals surface area contributed by atoms with E-state index in [4.69, 9.17) is 9.47 Å². The van der Waals surface area contributed by atoms with Crippen molar-refractivity contribution in [2.24, 2.45) is 5.92 Å². The van der Waals surface area contributed by atoms with Gasteiger partial charge in [0.25, 0.3) is 0 Å². The third kappa shape index (κ3) is 13.4. The molecule has 0 aliphatic carbocycles. The summed E-state index contributed by atoms with van der Waals surface area (Å²) in [6, 6.07) is 0. The molecule has 1 saturated heterocycles. The predicted molar refractivity (Wildman–Crippen MR) is 114 cm³/mol. The van der Waals surface area contributed by atoms with E-state index in [1.54, 1.807) is 4.90 Å². The average Bonchev–Trinajstić information content (AvgIpc) is 2.93. The van der Waals surface area contributed by atoms with Crippen LogP contribution in [-0.2, 0) is 23.9 Å². The molecule has 7 nitrogen and oxygen atoms in total. The van der Waals surface area contributed by atoms with Gasteiger partial charge in [-0.2, -0.15) is 0 Å². The van der Waals surface area contributed by atoms with Gasteiger partial charge in [-0.05, 0) is 13.3 Å². The zero-order valence-electron chi connectivity index (χ0n) is 18.6. The van der Waals surface area contributed by atoms with E-state index in [2.05, 4.69) is 11.9 Å². The van der Waals surface area contributed by atoms with Crippen molar-refractivity contribution in [3.8, 4) is 0 Å². The minimum atomic E-state index is -0.114. The molecule has 0 saturated carbocycles. The number of nitrogens with one attached hydrogen (secondary N) is 1. The monoisotopic (exact) mass is 402 g/mol. The van der Waals surface area contributed by atoms with Gasteiger partial charge in [-0.25, -0.2) is 0 Å². The maximum absolute atomic E-state index is 11.9. The fraction of sp³-hybridized carbons (Fsp3) is 0.762. The third-order valence-corrected chi connectivity index (χ3v) is 3.71. The van der Waals surface area contributed by atoms with E-state index in [-0.39, 0.29) is 31.4 Å². The predicted octanol–water partition coefficient (Wildman–Crippen LogP) is 3.19. The molecule has 1 aliphatic heterocycles. The lowest BCUT2D eigenvalue weighted by molar-refractivity contribution is -0.130. The van der Waals surface area contributed by atoms with Gasteiger partial charge in [0.15, 0.2) is 0 Å². The molecule has 1 aliphatic rings. The number of carbonyl (C=O) groups is 3. The fourth-order valence-corrected chi connectivity index (χ4v) is 2.34. The van der Waals surface area contributed by atoms with E-state index in [1.165, 1.54) is 6.92 Å². The largest absolute Gasteiger partial charge is 0.379 e. The van der Waals surface area contributed by atoms with Gasteiger partial charge in [0.1, 0.15) is 5.78 Å². The minimum Gasteiger partial charge on any atom is -0.379 e. The second kappa shape index (κ2) is 18.6. The summed E-state index contributed by atoms with van der Waals surface area (Å²) in [4.78, 5) is 35.9. The topological polar surface area (TPSA) is 84.9 Å². The first kappa shape index (κ1) is 28.5. The summed E-state index contributed by atoms with van der Waals surface area (Å²) in [6.45, 7) is 17.7. The first-order chi connectivity index (χ1) is 13.4. The van der Waals surface area contributed by atoms with Gasteiger partial charge < -0.3 is 19.7 Å². The van der Waals surface area contributed by atoms with Crippen molar-refractivity contribution in [1.82, 2.24) is 10.2 Å². The van der Waals surface area contributed by atoms with E-state index in [0.717, 1.165) is 5.70 Å². The second-order valence-corrected chi connectivity index (χ2v) is 5.94. The Morgan fingerprint density at radius 1 is 1.11 bits per heavy atom. The summed E-state index contributed by atoms with van der Waals surface area (Å²) >= 11 is 0. The zero-order chi connectivity index (χ0) is 21.9. The summed E-state index contributed by atoms with van der Waals surface area (Å²) in [5.74, 6) is -0.00344. The molecule has 0 aromatic heterocycles. The number of hydrogen-bond donors (Lipinski definition) is 1. The normalized spacial score (nSPS) is 15.4. The lowest BCUT2D eigenvalue weighted by Gasteiger charge is -2.17. The van der Waals surface area contributed by atoms with Gasteiger partial charge in [-0.3, -0.25) is 14.4 Å². The molecule has 0 aromatic carbocycles. The van der Waals surface area contributed by atoms with Crippen LogP contribution < -0.4 is 5.32 Å². The van der Waals surface area contributed by atoms with Crippen LogP contribution in [0, 0.1) is 5.92 Å². The Labute approximate surface area is 172 Å². The Morgan fingerprint density at radius 2 is 1.68 bits per heavy atom. The number of likely N-dealkylation sites (tertiary alicyclic amines) is 1. The molecule has 7 heteroatoms. The van der Waals surface area contributed by atoms with Crippen LogP contribution in [0.1, 0.15) is 62.2 Å². The van der Waals surface area contributed by atoms with Crippen molar-refractivity contribution in [2.75, 3.05) is 39.5 Å². The van der Waals surface area contributed by atoms with Crippen molar-refractivity contribution in [1.29, 1.82) is 0 Å². The van der Waals surface area contributed by atoms with Crippen LogP contribution in [0.5, 0.6) is 0 Å². The van der Waals surface area contributed by atoms with E-state index in [1.807, 2.05) is 34.6 Å². The van der Waals surface area contributed by atoms with Crippen molar-refractivity contribution in [3.63, 3.8) is 0 Å². The van der Waals surface area contributed by atoms with Gasteiger partial charge >= 0.3 is 0 Å². The number of amides is 2. The second-order valence-electron chi connectivity index (χ2n) is 5.94. The number of Topliss-reactive ketones (excluding diaryl/α,β-unsaturated/α-hetero) is 1. The van der Waals surface area contributed by atoms with Gasteiger partial charge in [-0.1, -0.05) is 41.2 Å². The molecule has 1 unspecified atom stereocenters. The minimum absolute atomic E-state index is 0. The Kier molecular flexibility index (Phi) is 18.9. The Morgan fingerprint density at radius 3 is 2.18 bits per heavy atom. The molecule has 0 spiro atoms. The molecular weight excluding hydrogens is 360 g/mol. The number of nitrogens with zero attached hydrogens (tertiary/aromatic N) is 1. The van der Waals surface area contributed by atoms with Crippen LogP contribution in [0.2, 0.25) is 0 Å². The van der Waals surface area contributed by atoms with Gasteiger partial charge in [-0.15, -0.1) is 0 Å². The molecule has 0 radical (unpaired) electrons. The van der Waals surface area contributed by atoms with Crippen LogP contribution in [0.3, 0.4) is 0 Å². The molecule has 0 bridgehead atoms. The molecule has 28 heavy (non-hydrogen) atoms. The number of hydrogen-bond acceptors (Lipinski definition) is 5. The molecule has 1 rings (SSSR count). The van der Waals surface area contributed by atoms with Crippen LogP contribution >= 0.6 is 0 Å². The van der Waals surface area contributed by atoms with Crippen molar-refractivity contribution in [3.05, 3.63) is 12.3 Å². The molecular formula is C21H42N2O5. The Balaban J connectivity index is -0.00000127. The molecule has 1 heterocycles. The number of carbonyl (C=O) groups excluding carboxylic acids is 3. The van der Waals surface area contributed by atoms with E-state index >= 15 is 0 Å². The third-order valence-electron chi connectivity index (χ3n) is 3.71. The fourth-order valence-electron chi connectivity index (χ4n) is 2.34. The van der Waals surface area contributed by atoms with Crippen LogP contribution in [0.25, 0.3) is 0 Å². The summed E-state index contributed by atoms with van der Waals surface area (Å²) in [7, 11) is 0. The maximum Gasteiger partial charge on any atom is 0.229 e. The van der Waals surface area contributed by atoms with Crippen molar-refractivity contribution < 1.29 is 25.3 Å². The smallest absolute Gasteiger partial charge is 0.229 e. The molecule has 1 N–H and O–H groups in total. The maximum atomic E-state index is 11.9. The van der Waals surface area contributed by atoms with Crippen LogP contribution in [0.15, 0.2) is 12.3 Å². The molecule has 1 fully saturated rings. The van der Waals surface area contributed by atoms with E-state index in [9.17, 15) is 14.4 Å². The Hall–Kier alpha value is -1.73. The summed E-state index contributed by atoms with van der Waals surface area (Å²) in [5.41, 5.74) is 0.786. The molecule has 166 valence electrons. The number of rotatable bonds is 12. The number of ketones is 1. The first-order valence-electron chi connectivity index (χ1n) is 10.3. The lowest BCUT2D eigenvalue weighted by atomic mass is 10.1. The number of allylic oxidation sites excluding steroid dienone is 1. The number of ether oxygens (including phenoxy) is 2. The van der Waals surface area contributed by atoms with Crippen molar-refractivity contribution >= 4 is 17.6 Å².